The molecule has 0 spiro atoms. The standard InChI is InChI=1S/C64H42N2O.C54H35NOS/c1-3-13-43(14-4-1)46-23-31-52(32-24-46)65(54-35-28-48(29-36-54)58-41-51(44-15-5-2-6-16-44)42-60-57-20-10-12-22-63(57)67-64(58)60)53-33-25-47(26-34-53)50-30-38-62-59(40-50)56-19-9-11-21-61(56)66(62)55-37-27-45-17-7-8-18-49(45)39-55;1-3-11-36(12-4-1)38-19-26-43(27-20-38)55(44-28-21-39(22-29-44)41-25-32-53-49(33-41)47-16-8-10-18-52(47)57-53)45-30-23-40(24-31-45)48-34-42(37-13-5-2-6-14-37)35-50-46-15-7-9-17-51(46)56-54(48)50/h1-42H;1-35H. The molecule has 6 heteroatoms. The van der Waals surface area contributed by atoms with E-state index in [1.165, 1.54) is 108 Å². The van der Waals surface area contributed by atoms with Gasteiger partial charge in [0.25, 0.3) is 0 Å². The quantitative estimate of drug-likeness (QED) is 0.103. The molecule has 0 N–H and O–H groups in total. The lowest BCUT2D eigenvalue weighted by Crippen LogP contribution is -2.09. The van der Waals surface area contributed by atoms with Gasteiger partial charge in [0.15, 0.2) is 0 Å². The molecule has 0 amide bonds. The highest BCUT2D eigenvalue weighted by molar-refractivity contribution is 7.25. The first-order valence-electron chi connectivity index (χ1n) is 42.2. The highest BCUT2D eigenvalue weighted by atomic mass is 32.1. The Morgan fingerprint density at radius 2 is 0.508 bits per heavy atom. The van der Waals surface area contributed by atoms with Gasteiger partial charge in [0.1, 0.15) is 22.3 Å². The van der Waals surface area contributed by atoms with Gasteiger partial charge in [0, 0.05) is 103 Å². The maximum Gasteiger partial charge on any atom is 0.143 e. The highest BCUT2D eigenvalue weighted by Crippen LogP contribution is 2.47. The number of thiophene rings is 1. The van der Waals surface area contributed by atoms with Crippen molar-refractivity contribution in [1.82, 2.24) is 4.57 Å². The van der Waals surface area contributed by atoms with Gasteiger partial charge in [-0.15, -0.1) is 11.3 Å². The van der Waals surface area contributed by atoms with Crippen molar-refractivity contribution in [2.45, 2.75) is 0 Å². The largest absolute Gasteiger partial charge is 0.455 e. The number of benzene rings is 20. The van der Waals surface area contributed by atoms with Crippen LogP contribution in [0.1, 0.15) is 0 Å². The first kappa shape index (κ1) is 73.1. The Hall–Kier alpha value is -16.1. The number of para-hydroxylation sites is 3. The number of aromatic nitrogens is 1. The SMILES string of the molecule is c1ccc(-c2ccc(N(c3ccc(-c4ccc5c(c4)c4ccccc4n5-c4ccc5ccccc5c4)cc3)c3ccc(-c4cc(-c5ccccc5)cc5c4oc4ccccc45)cc3)cc2)cc1.c1ccc(-c2ccc(N(c3ccc(-c4ccc5sc6ccccc6c5c4)cc3)c3ccc(-c4cc(-c5ccccc5)cc5c4oc4ccccc45)cc3)cc2)cc1. The van der Waals surface area contributed by atoms with Crippen molar-refractivity contribution in [3.05, 3.63) is 467 Å². The summed E-state index contributed by atoms with van der Waals surface area (Å²) in [6.07, 6.45) is 0. The summed E-state index contributed by atoms with van der Waals surface area (Å²) in [5.41, 5.74) is 32.2. The van der Waals surface area contributed by atoms with Gasteiger partial charge < -0.3 is 23.2 Å². The van der Waals surface area contributed by atoms with Crippen LogP contribution >= 0.6 is 11.3 Å². The van der Waals surface area contributed by atoms with Gasteiger partial charge in [0.2, 0.25) is 0 Å². The molecule has 582 valence electrons. The number of hydrogen-bond donors (Lipinski definition) is 0. The average molecular weight is 1600 g/mol. The summed E-state index contributed by atoms with van der Waals surface area (Å²) >= 11 is 1.85. The van der Waals surface area contributed by atoms with Crippen molar-refractivity contribution >= 4 is 142 Å². The van der Waals surface area contributed by atoms with E-state index in [1.54, 1.807) is 0 Å². The van der Waals surface area contributed by atoms with Crippen LogP contribution in [0.25, 0.3) is 191 Å². The molecule has 0 radical (unpaired) electrons. The minimum Gasteiger partial charge on any atom is -0.455 e. The van der Waals surface area contributed by atoms with Crippen molar-refractivity contribution in [1.29, 1.82) is 0 Å². The summed E-state index contributed by atoms with van der Waals surface area (Å²) in [6.45, 7) is 0. The third kappa shape index (κ3) is 13.5. The van der Waals surface area contributed by atoms with Crippen LogP contribution in [0.5, 0.6) is 0 Å². The minimum absolute atomic E-state index is 0.891. The second-order valence-corrected chi connectivity index (χ2v) is 32.9. The first-order valence-corrected chi connectivity index (χ1v) is 43.0. The monoisotopic (exact) mass is 1600 g/mol. The Balaban J connectivity index is 0.000000145. The topological polar surface area (TPSA) is 37.7 Å². The van der Waals surface area contributed by atoms with Gasteiger partial charge >= 0.3 is 0 Å². The molecule has 20 aromatic carbocycles. The van der Waals surface area contributed by atoms with Crippen molar-refractivity contribution < 1.29 is 8.83 Å². The maximum atomic E-state index is 6.61. The second-order valence-electron chi connectivity index (χ2n) is 31.8. The molecule has 4 aromatic heterocycles. The average Bonchev–Trinajstić information content (AvgIpc) is 1.59. The fraction of sp³-hybridized carbons (Fsp3) is 0. The third-order valence-electron chi connectivity index (χ3n) is 24.5. The van der Waals surface area contributed by atoms with Gasteiger partial charge in [0.05, 0.1) is 11.0 Å². The Kier molecular flexibility index (Phi) is 18.4. The Bertz CT molecular complexity index is 8100. The fourth-order valence-electron chi connectivity index (χ4n) is 18.3. The van der Waals surface area contributed by atoms with E-state index in [4.69, 9.17) is 8.83 Å². The third-order valence-corrected chi connectivity index (χ3v) is 25.6. The molecule has 5 nitrogen and oxygen atoms in total. The summed E-state index contributed by atoms with van der Waals surface area (Å²) in [7, 11) is 0. The lowest BCUT2D eigenvalue weighted by atomic mass is 9.95. The molecule has 124 heavy (non-hydrogen) atoms. The molecule has 0 aliphatic heterocycles. The van der Waals surface area contributed by atoms with Crippen LogP contribution in [0.4, 0.5) is 34.1 Å². The van der Waals surface area contributed by atoms with Crippen LogP contribution in [0.3, 0.4) is 0 Å². The number of rotatable bonds is 15. The molecule has 0 saturated heterocycles. The van der Waals surface area contributed by atoms with Crippen molar-refractivity contribution in [2.75, 3.05) is 9.80 Å². The normalized spacial score (nSPS) is 11.5. The van der Waals surface area contributed by atoms with E-state index >= 15 is 0 Å². The fourth-order valence-corrected chi connectivity index (χ4v) is 19.4. The highest BCUT2D eigenvalue weighted by Gasteiger charge is 2.23. The van der Waals surface area contributed by atoms with Gasteiger partial charge in [-0.25, -0.2) is 0 Å². The molecular formula is C118H77N3O2S. The number of anilines is 6. The molecular weight excluding hydrogens is 1520 g/mol. The number of fused-ring (bicyclic) bond motifs is 13. The smallest absolute Gasteiger partial charge is 0.143 e. The minimum atomic E-state index is 0.891. The molecule has 0 aliphatic carbocycles. The lowest BCUT2D eigenvalue weighted by molar-refractivity contribution is 0.669. The van der Waals surface area contributed by atoms with Crippen LogP contribution in [0.15, 0.2) is 476 Å². The number of furan rings is 2. The number of hydrogen-bond acceptors (Lipinski definition) is 5. The molecule has 0 fully saturated rings. The predicted molar refractivity (Wildman–Crippen MR) is 525 cm³/mol. The van der Waals surface area contributed by atoms with E-state index in [9.17, 15) is 0 Å². The van der Waals surface area contributed by atoms with E-state index in [0.29, 0.717) is 0 Å². The van der Waals surface area contributed by atoms with Gasteiger partial charge in [-0.05, 0) is 246 Å². The van der Waals surface area contributed by atoms with E-state index in [-0.39, 0.29) is 0 Å². The molecule has 0 unspecified atom stereocenters. The second kappa shape index (κ2) is 31.2. The zero-order valence-corrected chi connectivity index (χ0v) is 68.3. The van der Waals surface area contributed by atoms with E-state index in [1.807, 2.05) is 23.5 Å². The molecule has 0 saturated carbocycles. The maximum absolute atomic E-state index is 6.61. The van der Waals surface area contributed by atoms with Crippen LogP contribution < -0.4 is 9.80 Å². The van der Waals surface area contributed by atoms with Gasteiger partial charge in [-0.3, -0.25) is 0 Å². The summed E-state index contributed by atoms with van der Waals surface area (Å²) in [6, 6.07) is 168. The molecule has 0 bridgehead atoms. The van der Waals surface area contributed by atoms with Crippen LogP contribution in [-0.2, 0) is 0 Å². The first-order chi connectivity index (χ1) is 61.4. The number of nitrogens with zero attached hydrogens (tertiary/aromatic N) is 3. The summed E-state index contributed by atoms with van der Waals surface area (Å²) in [5.74, 6) is 0. The van der Waals surface area contributed by atoms with Crippen molar-refractivity contribution in [2.24, 2.45) is 0 Å². The van der Waals surface area contributed by atoms with Crippen LogP contribution in [0, 0.1) is 0 Å². The molecule has 24 rings (SSSR count). The van der Waals surface area contributed by atoms with E-state index in [0.717, 1.165) is 117 Å². The Morgan fingerprint density at radius 1 is 0.185 bits per heavy atom. The van der Waals surface area contributed by atoms with E-state index < -0.39 is 0 Å². The molecule has 4 heterocycles. The van der Waals surface area contributed by atoms with Crippen LogP contribution in [0.2, 0.25) is 0 Å². The van der Waals surface area contributed by atoms with Crippen molar-refractivity contribution in [3.8, 4) is 94.7 Å². The molecule has 0 aliphatic rings. The Morgan fingerprint density at radius 3 is 0.976 bits per heavy atom. The van der Waals surface area contributed by atoms with Crippen molar-refractivity contribution in [3.63, 3.8) is 0 Å². The van der Waals surface area contributed by atoms with Gasteiger partial charge in [-0.2, -0.15) is 0 Å². The zero-order chi connectivity index (χ0) is 82.0. The summed E-state index contributed by atoms with van der Waals surface area (Å²) < 4.78 is 18.2. The van der Waals surface area contributed by atoms with E-state index in [2.05, 4.69) is 469 Å². The predicted octanol–water partition coefficient (Wildman–Crippen LogP) is 34.1. The Labute approximate surface area is 722 Å². The zero-order valence-electron chi connectivity index (χ0n) is 67.5. The summed E-state index contributed by atoms with van der Waals surface area (Å²) in [4.78, 5) is 4.69. The summed E-state index contributed by atoms with van der Waals surface area (Å²) in [5, 5.41) is 12.1. The lowest BCUT2D eigenvalue weighted by Gasteiger charge is -2.26. The molecule has 24 aromatic rings. The van der Waals surface area contributed by atoms with Gasteiger partial charge in [-0.1, -0.05) is 309 Å². The van der Waals surface area contributed by atoms with Crippen LogP contribution in [-0.4, -0.2) is 4.57 Å². The molecule has 0 atom stereocenters.